The maximum Gasteiger partial charge on any atom is 0.323 e. The Morgan fingerprint density at radius 3 is 2.86 bits per heavy atom. The Hall–Kier alpha value is -2.34. The summed E-state index contributed by atoms with van der Waals surface area (Å²) in [5, 5.41) is 7.35. The Balaban J connectivity index is 1.73. The van der Waals surface area contributed by atoms with E-state index in [9.17, 15) is 4.79 Å². The van der Waals surface area contributed by atoms with E-state index in [2.05, 4.69) is 10.4 Å². The maximum atomic E-state index is 12.3. The number of ether oxygens (including phenoxy) is 1. The second kappa shape index (κ2) is 6.19. The molecule has 0 radical (unpaired) electrons. The number of carbonyl (C=O) groups excluding carboxylic acids is 1. The summed E-state index contributed by atoms with van der Waals surface area (Å²) in [6.07, 6.45) is 1.98. The van der Waals surface area contributed by atoms with Crippen molar-refractivity contribution in [2.75, 3.05) is 25.0 Å². The van der Waals surface area contributed by atoms with Gasteiger partial charge in [0.15, 0.2) is 5.82 Å². The first kappa shape index (κ1) is 14.6. The highest BCUT2D eigenvalue weighted by Gasteiger charge is 2.22. The number of aryl methyl sites for hydroxylation is 1. The van der Waals surface area contributed by atoms with Crippen molar-refractivity contribution < 1.29 is 9.53 Å². The van der Waals surface area contributed by atoms with E-state index in [1.165, 1.54) is 0 Å². The van der Waals surface area contributed by atoms with Crippen LogP contribution in [0.5, 0.6) is 0 Å². The zero-order valence-electron chi connectivity index (χ0n) is 12.8. The van der Waals surface area contributed by atoms with E-state index in [1.807, 2.05) is 50.4 Å². The van der Waals surface area contributed by atoms with Crippen LogP contribution in [0.15, 0.2) is 36.5 Å². The standard InChI is InChI=1S/C16H20N4O2/c1-12-10-20(14-6-4-3-5-7-14)18-15(12)17-16(21)19-8-9-22-13(2)11-19/h3-7,10,13H,8-9,11H2,1-2H3,(H,17,18,21). The van der Waals surface area contributed by atoms with Crippen LogP contribution in [0, 0.1) is 6.92 Å². The molecule has 0 bridgehead atoms. The Bertz CT molecular complexity index is 653. The molecule has 1 saturated heterocycles. The van der Waals surface area contributed by atoms with E-state index in [4.69, 9.17) is 4.74 Å². The van der Waals surface area contributed by atoms with E-state index in [0.29, 0.717) is 25.5 Å². The molecular weight excluding hydrogens is 280 g/mol. The molecule has 1 fully saturated rings. The van der Waals surface area contributed by atoms with Gasteiger partial charge in [-0.05, 0) is 26.0 Å². The van der Waals surface area contributed by atoms with Gasteiger partial charge in [0.25, 0.3) is 0 Å². The minimum atomic E-state index is -0.128. The van der Waals surface area contributed by atoms with Crippen molar-refractivity contribution in [1.29, 1.82) is 0 Å². The third-order valence-corrected chi connectivity index (χ3v) is 3.67. The number of nitrogens with zero attached hydrogens (tertiary/aromatic N) is 3. The molecule has 0 spiro atoms. The van der Waals surface area contributed by atoms with Gasteiger partial charge in [0, 0.05) is 24.8 Å². The van der Waals surface area contributed by atoms with Crippen LogP contribution in [0.25, 0.3) is 5.69 Å². The van der Waals surface area contributed by atoms with Crippen LogP contribution in [-0.2, 0) is 4.74 Å². The Kier molecular flexibility index (Phi) is 4.11. The minimum Gasteiger partial charge on any atom is -0.375 e. The monoisotopic (exact) mass is 300 g/mol. The van der Waals surface area contributed by atoms with Gasteiger partial charge in [0.2, 0.25) is 0 Å². The topological polar surface area (TPSA) is 59.4 Å². The first-order valence-corrected chi connectivity index (χ1v) is 7.42. The van der Waals surface area contributed by atoms with Crippen LogP contribution in [0.4, 0.5) is 10.6 Å². The number of hydrogen-bond donors (Lipinski definition) is 1. The predicted molar refractivity (Wildman–Crippen MR) is 84.3 cm³/mol. The molecule has 2 amide bonds. The molecule has 6 nitrogen and oxygen atoms in total. The number of para-hydroxylation sites is 1. The second-order valence-electron chi connectivity index (χ2n) is 5.50. The van der Waals surface area contributed by atoms with Gasteiger partial charge in [-0.1, -0.05) is 18.2 Å². The molecule has 1 aromatic heterocycles. The van der Waals surface area contributed by atoms with Crippen molar-refractivity contribution in [1.82, 2.24) is 14.7 Å². The van der Waals surface area contributed by atoms with Gasteiger partial charge >= 0.3 is 6.03 Å². The zero-order chi connectivity index (χ0) is 15.5. The third kappa shape index (κ3) is 3.12. The number of amides is 2. The number of anilines is 1. The lowest BCUT2D eigenvalue weighted by atomic mass is 10.3. The molecule has 1 aliphatic heterocycles. The Morgan fingerprint density at radius 1 is 1.36 bits per heavy atom. The fourth-order valence-corrected chi connectivity index (χ4v) is 2.48. The van der Waals surface area contributed by atoms with Crippen molar-refractivity contribution >= 4 is 11.8 Å². The largest absolute Gasteiger partial charge is 0.375 e. The fraction of sp³-hybridized carbons (Fsp3) is 0.375. The number of hydrogen-bond acceptors (Lipinski definition) is 3. The molecule has 0 aliphatic carbocycles. The SMILES string of the molecule is Cc1cn(-c2ccccc2)nc1NC(=O)N1CCOC(C)C1. The molecule has 0 saturated carbocycles. The Labute approximate surface area is 129 Å². The lowest BCUT2D eigenvalue weighted by Gasteiger charge is -2.30. The molecule has 1 aromatic carbocycles. The number of carbonyl (C=O) groups is 1. The quantitative estimate of drug-likeness (QED) is 0.926. The normalized spacial score (nSPS) is 18.3. The summed E-state index contributed by atoms with van der Waals surface area (Å²) in [7, 11) is 0. The van der Waals surface area contributed by atoms with Crippen molar-refractivity contribution in [2.45, 2.75) is 20.0 Å². The first-order chi connectivity index (χ1) is 10.6. The van der Waals surface area contributed by atoms with Crippen LogP contribution < -0.4 is 5.32 Å². The first-order valence-electron chi connectivity index (χ1n) is 7.42. The van der Waals surface area contributed by atoms with Gasteiger partial charge in [-0.3, -0.25) is 5.32 Å². The summed E-state index contributed by atoms with van der Waals surface area (Å²) < 4.78 is 7.22. The lowest BCUT2D eigenvalue weighted by Crippen LogP contribution is -2.46. The van der Waals surface area contributed by atoms with E-state index in [-0.39, 0.29) is 12.1 Å². The molecule has 1 N–H and O–H groups in total. The average Bonchev–Trinajstić information content (AvgIpc) is 2.89. The van der Waals surface area contributed by atoms with Gasteiger partial charge in [0.05, 0.1) is 18.4 Å². The maximum absolute atomic E-state index is 12.3. The summed E-state index contributed by atoms with van der Waals surface area (Å²) in [6, 6.07) is 9.70. The molecule has 3 rings (SSSR count). The van der Waals surface area contributed by atoms with Gasteiger partial charge < -0.3 is 9.64 Å². The molecule has 2 heterocycles. The summed E-state index contributed by atoms with van der Waals surface area (Å²) in [4.78, 5) is 14.1. The molecule has 2 aromatic rings. The summed E-state index contributed by atoms with van der Waals surface area (Å²) >= 11 is 0. The highest BCUT2D eigenvalue weighted by Crippen LogP contribution is 2.16. The van der Waals surface area contributed by atoms with E-state index in [1.54, 1.807) is 9.58 Å². The van der Waals surface area contributed by atoms with Crippen LogP contribution >= 0.6 is 0 Å². The number of rotatable bonds is 2. The van der Waals surface area contributed by atoms with Crippen molar-refractivity contribution in [3.05, 3.63) is 42.1 Å². The van der Waals surface area contributed by atoms with Gasteiger partial charge in [0.1, 0.15) is 0 Å². The van der Waals surface area contributed by atoms with Crippen molar-refractivity contribution in [3.63, 3.8) is 0 Å². The van der Waals surface area contributed by atoms with Crippen LogP contribution in [0.2, 0.25) is 0 Å². The number of benzene rings is 1. The van der Waals surface area contributed by atoms with Crippen LogP contribution in [-0.4, -0.2) is 46.5 Å². The smallest absolute Gasteiger partial charge is 0.323 e. The lowest BCUT2D eigenvalue weighted by molar-refractivity contribution is -0.00139. The summed E-state index contributed by atoms with van der Waals surface area (Å²) in [5.74, 6) is 0.591. The number of urea groups is 1. The van der Waals surface area contributed by atoms with Crippen molar-refractivity contribution in [3.8, 4) is 5.69 Å². The van der Waals surface area contributed by atoms with E-state index in [0.717, 1.165) is 11.3 Å². The number of morpholine rings is 1. The van der Waals surface area contributed by atoms with E-state index >= 15 is 0 Å². The molecule has 22 heavy (non-hydrogen) atoms. The van der Waals surface area contributed by atoms with Crippen LogP contribution in [0.3, 0.4) is 0 Å². The highest BCUT2D eigenvalue weighted by atomic mass is 16.5. The highest BCUT2D eigenvalue weighted by molar-refractivity contribution is 5.89. The molecular formula is C16H20N4O2. The number of nitrogens with one attached hydrogen (secondary N) is 1. The molecule has 6 heteroatoms. The number of aromatic nitrogens is 2. The van der Waals surface area contributed by atoms with Crippen molar-refractivity contribution in [2.24, 2.45) is 0 Å². The Morgan fingerprint density at radius 2 is 2.14 bits per heavy atom. The molecule has 1 atom stereocenters. The minimum absolute atomic E-state index is 0.0717. The predicted octanol–water partition coefficient (Wildman–Crippen LogP) is 2.43. The zero-order valence-corrected chi connectivity index (χ0v) is 12.8. The molecule has 1 aliphatic rings. The molecule has 1 unspecified atom stereocenters. The summed E-state index contributed by atoms with van der Waals surface area (Å²) in [5.41, 5.74) is 1.89. The second-order valence-corrected chi connectivity index (χ2v) is 5.50. The van der Waals surface area contributed by atoms with E-state index < -0.39 is 0 Å². The van der Waals surface area contributed by atoms with Gasteiger partial charge in [-0.25, -0.2) is 9.48 Å². The average molecular weight is 300 g/mol. The molecule has 116 valence electrons. The summed E-state index contributed by atoms with van der Waals surface area (Å²) in [6.45, 7) is 5.68. The van der Waals surface area contributed by atoms with Gasteiger partial charge in [-0.2, -0.15) is 0 Å². The van der Waals surface area contributed by atoms with Gasteiger partial charge in [-0.15, -0.1) is 5.10 Å². The van der Waals surface area contributed by atoms with Crippen LogP contribution in [0.1, 0.15) is 12.5 Å². The fourth-order valence-electron chi connectivity index (χ4n) is 2.48. The third-order valence-electron chi connectivity index (χ3n) is 3.67.